The number of aldehydes is 1. The van der Waals surface area contributed by atoms with Crippen LogP contribution in [0.2, 0.25) is 0 Å². The lowest BCUT2D eigenvalue weighted by molar-refractivity contribution is -0.107. The largest absolute Gasteiger partial charge is 0.444 e. The molecule has 0 spiro atoms. The fourth-order valence-corrected chi connectivity index (χ4v) is 1.09. The van der Waals surface area contributed by atoms with Gasteiger partial charge in [-0.2, -0.15) is 0 Å². The number of alkyl carbamates (subject to hydrolysis) is 1. The Kier molecular flexibility index (Phi) is 5.97. The van der Waals surface area contributed by atoms with Crippen LogP contribution in [0.25, 0.3) is 0 Å². The van der Waals surface area contributed by atoms with Crippen LogP contribution in [-0.2, 0) is 9.53 Å². The zero-order valence-corrected chi connectivity index (χ0v) is 10.0. The Labute approximate surface area is 91.4 Å². The van der Waals surface area contributed by atoms with Gasteiger partial charge in [-0.1, -0.05) is 0 Å². The van der Waals surface area contributed by atoms with Gasteiger partial charge in [0, 0.05) is 12.5 Å². The molecule has 0 bridgehead atoms. The molecule has 0 aromatic heterocycles. The van der Waals surface area contributed by atoms with Gasteiger partial charge in [0.15, 0.2) is 0 Å². The molecule has 0 aromatic rings. The molecule has 0 aromatic carbocycles. The van der Waals surface area contributed by atoms with E-state index in [-0.39, 0.29) is 6.04 Å². The Bertz CT molecular complexity index is 208. The van der Waals surface area contributed by atoms with E-state index in [1.165, 1.54) is 0 Å². The summed E-state index contributed by atoms with van der Waals surface area (Å²) < 4.78 is 5.10. The number of ether oxygens (including phenoxy) is 1. The molecular formula is C11H21NO3. The van der Waals surface area contributed by atoms with Crippen molar-refractivity contribution < 1.29 is 14.3 Å². The maximum Gasteiger partial charge on any atom is 0.407 e. The van der Waals surface area contributed by atoms with Crippen molar-refractivity contribution in [2.45, 2.75) is 58.6 Å². The van der Waals surface area contributed by atoms with Crippen molar-refractivity contribution in [3.63, 3.8) is 0 Å². The number of unbranched alkanes of at least 4 members (excludes halogenated alkanes) is 1. The van der Waals surface area contributed by atoms with Crippen LogP contribution in [0.3, 0.4) is 0 Å². The van der Waals surface area contributed by atoms with Crippen molar-refractivity contribution in [1.29, 1.82) is 0 Å². The van der Waals surface area contributed by atoms with Crippen LogP contribution in [0.5, 0.6) is 0 Å². The Hall–Kier alpha value is -1.06. The van der Waals surface area contributed by atoms with E-state index < -0.39 is 11.7 Å². The monoisotopic (exact) mass is 215 g/mol. The SMILES string of the molecule is C[C@@H](CCCC=O)NC(=O)OC(C)(C)C. The smallest absolute Gasteiger partial charge is 0.407 e. The van der Waals surface area contributed by atoms with Crippen LogP contribution in [0, 0.1) is 0 Å². The van der Waals surface area contributed by atoms with Crippen LogP contribution in [-0.4, -0.2) is 24.0 Å². The standard InChI is InChI=1S/C11H21NO3/c1-9(7-5-6-8-13)12-10(14)15-11(2,3)4/h8-9H,5-7H2,1-4H3,(H,12,14)/t9-/m0/s1. The number of hydrogen-bond donors (Lipinski definition) is 1. The third-order valence-corrected chi connectivity index (χ3v) is 1.72. The first kappa shape index (κ1) is 13.9. The molecule has 1 atom stereocenters. The average molecular weight is 215 g/mol. The summed E-state index contributed by atoms with van der Waals surface area (Å²) in [5.74, 6) is 0. The second-order valence-corrected chi connectivity index (χ2v) is 4.64. The third kappa shape index (κ3) is 9.25. The summed E-state index contributed by atoms with van der Waals surface area (Å²) in [6.45, 7) is 7.37. The molecular weight excluding hydrogens is 194 g/mol. The molecule has 0 saturated carbocycles. The summed E-state index contributed by atoms with van der Waals surface area (Å²) >= 11 is 0. The zero-order valence-electron chi connectivity index (χ0n) is 10.0. The second kappa shape index (κ2) is 6.43. The van der Waals surface area contributed by atoms with Gasteiger partial charge in [0.2, 0.25) is 0 Å². The van der Waals surface area contributed by atoms with Gasteiger partial charge in [0.25, 0.3) is 0 Å². The Balaban J connectivity index is 3.71. The third-order valence-electron chi connectivity index (χ3n) is 1.72. The summed E-state index contributed by atoms with van der Waals surface area (Å²) in [6, 6.07) is 0.0415. The normalized spacial score (nSPS) is 13.1. The van der Waals surface area contributed by atoms with E-state index in [4.69, 9.17) is 4.74 Å². The molecule has 0 rings (SSSR count). The summed E-state index contributed by atoms with van der Waals surface area (Å²) in [7, 11) is 0. The molecule has 4 nitrogen and oxygen atoms in total. The minimum absolute atomic E-state index is 0.0415. The number of hydrogen-bond acceptors (Lipinski definition) is 3. The average Bonchev–Trinajstić information content (AvgIpc) is 2.00. The molecule has 0 radical (unpaired) electrons. The number of carbonyl (C=O) groups excluding carboxylic acids is 2. The van der Waals surface area contributed by atoms with Gasteiger partial charge in [-0.3, -0.25) is 0 Å². The molecule has 88 valence electrons. The van der Waals surface area contributed by atoms with E-state index in [0.717, 1.165) is 19.1 Å². The van der Waals surface area contributed by atoms with Crippen LogP contribution in [0.15, 0.2) is 0 Å². The van der Waals surface area contributed by atoms with Crippen molar-refractivity contribution >= 4 is 12.4 Å². The van der Waals surface area contributed by atoms with Gasteiger partial charge in [0.05, 0.1) is 0 Å². The van der Waals surface area contributed by atoms with E-state index >= 15 is 0 Å². The summed E-state index contributed by atoms with van der Waals surface area (Å²) in [5.41, 5.74) is -0.466. The van der Waals surface area contributed by atoms with Crippen molar-refractivity contribution in [2.24, 2.45) is 0 Å². The maximum atomic E-state index is 11.3. The predicted octanol–water partition coefficient (Wildman–Crippen LogP) is 2.27. The highest BCUT2D eigenvalue weighted by atomic mass is 16.6. The lowest BCUT2D eigenvalue weighted by atomic mass is 10.1. The highest BCUT2D eigenvalue weighted by molar-refractivity contribution is 5.68. The first-order chi connectivity index (χ1) is 6.85. The van der Waals surface area contributed by atoms with E-state index in [9.17, 15) is 9.59 Å². The molecule has 1 N–H and O–H groups in total. The van der Waals surface area contributed by atoms with Crippen LogP contribution in [0.4, 0.5) is 4.79 Å². The molecule has 0 heterocycles. The molecule has 0 fully saturated rings. The molecule has 0 aliphatic heterocycles. The van der Waals surface area contributed by atoms with Gasteiger partial charge in [-0.05, 0) is 40.5 Å². The quantitative estimate of drug-likeness (QED) is 0.565. The highest BCUT2D eigenvalue weighted by Crippen LogP contribution is 2.07. The topological polar surface area (TPSA) is 55.4 Å². The number of rotatable bonds is 5. The van der Waals surface area contributed by atoms with Gasteiger partial charge in [-0.15, -0.1) is 0 Å². The molecule has 15 heavy (non-hydrogen) atoms. The van der Waals surface area contributed by atoms with Gasteiger partial charge < -0.3 is 14.8 Å². The molecule has 0 aliphatic carbocycles. The van der Waals surface area contributed by atoms with Gasteiger partial charge in [-0.25, -0.2) is 4.79 Å². The van der Waals surface area contributed by atoms with Crippen molar-refractivity contribution in [2.75, 3.05) is 0 Å². The summed E-state index contributed by atoms with van der Waals surface area (Å²) in [6.07, 6.45) is 2.61. The zero-order chi connectivity index (χ0) is 11.9. The molecule has 4 heteroatoms. The summed E-state index contributed by atoms with van der Waals surface area (Å²) in [4.78, 5) is 21.4. The van der Waals surface area contributed by atoms with Crippen molar-refractivity contribution in [1.82, 2.24) is 5.32 Å². The molecule has 0 unspecified atom stereocenters. The first-order valence-corrected chi connectivity index (χ1v) is 5.28. The first-order valence-electron chi connectivity index (χ1n) is 5.28. The maximum absolute atomic E-state index is 11.3. The molecule has 1 amide bonds. The number of carbonyl (C=O) groups is 2. The lowest BCUT2D eigenvalue weighted by Crippen LogP contribution is -2.37. The van der Waals surface area contributed by atoms with Crippen molar-refractivity contribution in [3.8, 4) is 0 Å². The number of nitrogens with one attached hydrogen (secondary N) is 1. The molecule has 0 aliphatic rings. The minimum atomic E-state index is -0.466. The summed E-state index contributed by atoms with van der Waals surface area (Å²) in [5, 5.41) is 2.72. The molecule has 0 saturated heterocycles. The van der Waals surface area contributed by atoms with Crippen LogP contribution >= 0.6 is 0 Å². The van der Waals surface area contributed by atoms with E-state index in [2.05, 4.69) is 5.32 Å². The minimum Gasteiger partial charge on any atom is -0.444 e. The lowest BCUT2D eigenvalue weighted by Gasteiger charge is -2.21. The Morgan fingerprint density at radius 1 is 1.47 bits per heavy atom. The van der Waals surface area contributed by atoms with Gasteiger partial charge >= 0.3 is 6.09 Å². The highest BCUT2D eigenvalue weighted by Gasteiger charge is 2.17. The van der Waals surface area contributed by atoms with Crippen LogP contribution < -0.4 is 5.32 Å². The Morgan fingerprint density at radius 3 is 2.53 bits per heavy atom. The Morgan fingerprint density at radius 2 is 2.07 bits per heavy atom. The second-order valence-electron chi connectivity index (χ2n) is 4.64. The van der Waals surface area contributed by atoms with E-state index in [0.29, 0.717) is 6.42 Å². The van der Waals surface area contributed by atoms with Crippen molar-refractivity contribution in [3.05, 3.63) is 0 Å². The van der Waals surface area contributed by atoms with Crippen LogP contribution in [0.1, 0.15) is 47.0 Å². The van der Waals surface area contributed by atoms with E-state index in [1.807, 2.05) is 27.7 Å². The fourth-order valence-electron chi connectivity index (χ4n) is 1.09. The number of amides is 1. The fraction of sp³-hybridized carbons (Fsp3) is 0.818. The van der Waals surface area contributed by atoms with Gasteiger partial charge in [0.1, 0.15) is 11.9 Å². The predicted molar refractivity (Wildman–Crippen MR) is 58.7 cm³/mol. The van der Waals surface area contributed by atoms with E-state index in [1.54, 1.807) is 0 Å².